The van der Waals surface area contributed by atoms with Crippen molar-refractivity contribution in [3.05, 3.63) is 22.7 Å². The molecule has 0 unspecified atom stereocenters. The Bertz CT molecular complexity index is 392. The first-order valence-corrected chi connectivity index (χ1v) is 8.29. The molecular formula is C15H20BrClO2. The first kappa shape index (κ1) is 15.0. The maximum absolute atomic E-state index is 6.07. The second-order valence-electron chi connectivity index (χ2n) is 5.04. The van der Waals surface area contributed by atoms with E-state index in [-0.39, 0.29) is 0 Å². The summed E-state index contributed by atoms with van der Waals surface area (Å²) >= 11 is 9.55. The van der Waals surface area contributed by atoms with Gasteiger partial charge in [0.1, 0.15) is 0 Å². The van der Waals surface area contributed by atoms with Gasteiger partial charge in [-0.25, -0.2) is 0 Å². The maximum Gasteiger partial charge on any atom is 0.165 e. The molecule has 0 radical (unpaired) electrons. The van der Waals surface area contributed by atoms with Gasteiger partial charge < -0.3 is 9.47 Å². The molecule has 1 fully saturated rings. The van der Waals surface area contributed by atoms with E-state index < -0.39 is 0 Å². The molecule has 1 aromatic carbocycles. The lowest BCUT2D eigenvalue weighted by molar-refractivity contribution is 0.201. The van der Waals surface area contributed by atoms with Crippen LogP contribution in [0.15, 0.2) is 12.1 Å². The summed E-state index contributed by atoms with van der Waals surface area (Å²) in [6.07, 6.45) is 6.58. The molecule has 1 aromatic rings. The predicted molar refractivity (Wildman–Crippen MR) is 82.7 cm³/mol. The van der Waals surface area contributed by atoms with E-state index in [0.717, 1.165) is 23.7 Å². The second kappa shape index (κ2) is 7.39. The monoisotopic (exact) mass is 346 g/mol. The molecule has 4 heteroatoms. The van der Waals surface area contributed by atoms with Gasteiger partial charge in [-0.05, 0) is 24.8 Å². The Kier molecular flexibility index (Phi) is 5.83. The lowest BCUT2D eigenvalue weighted by Gasteiger charge is -2.23. The van der Waals surface area contributed by atoms with Crippen molar-refractivity contribution in [3.63, 3.8) is 0 Å². The summed E-state index contributed by atoms with van der Waals surface area (Å²) in [6.45, 7) is 0.776. The predicted octanol–water partition coefficient (Wildman–Crippen LogP) is 5.20. The molecule has 0 atom stereocenters. The van der Waals surface area contributed by atoms with Crippen molar-refractivity contribution in [1.82, 2.24) is 0 Å². The van der Waals surface area contributed by atoms with Crippen molar-refractivity contribution in [2.75, 3.05) is 13.7 Å². The number of rotatable bonds is 5. The molecule has 1 aliphatic rings. The van der Waals surface area contributed by atoms with Gasteiger partial charge in [-0.1, -0.05) is 46.8 Å². The lowest BCUT2D eigenvalue weighted by Crippen LogP contribution is -2.16. The SMILES string of the molecule is COc1cc(Cl)cc(CBr)c1OCC1CCCCC1. The number of alkyl halides is 1. The average Bonchev–Trinajstić information content (AvgIpc) is 2.46. The summed E-state index contributed by atoms with van der Waals surface area (Å²) in [5.74, 6) is 2.23. The highest BCUT2D eigenvalue weighted by atomic mass is 79.9. The fraction of sp³-hybridized carbons (Fsp3) is 0.600. The Balaban J connectivity index is 2.09. The Morgan fingerprint density at radius 1 is 1.26 bits per heavy atom. The molecule has 2 nitrogen and oxygen atoms in total. The molecule has 1 saturated carbocycles. The third-order valence-electron chi connectivity index (χ3n) is 3.65. The number of ether oxygens (including phenoxy) is 2. The van der Waals surface area contributed by atoms with E-state index in [0.29, 0.717) is 16.3 Å². The van der Waals surface area contributed by atoms with Crippen LogP contribution in [0.5, 0.6) is 11.5 Å². The lowest BCUT2D eigenvalue weighted by atomic mass is 9.90. The van der Waals surface area contributed by atoms with Crippen LogP contribution < -0.4 is 9.47 Å². The molecule has 0 bridgehead atoms. The van der Waals surface area contributed by atoms with Gasteiger partial charge in [-0.3, -0.25) is 0 Å². The molecule has 0 saturated heterocycles. The zero-order chi connectivity index (χ0) is 13.7. The van der Waals surface area contributed by atoms with Crippen LogP contribution in [0.2, 0.25) is 5.02 Å². The Labute approximate surface area is 128 Å². The first-order chi connectivity index (χ1) is 9.24. The highest BCUT2D eigenvalue weighted by Crippen LogP contribution is 2.37. The molecule has 0 spiro atoms. The number of halogens is 2. The Morgan fingerprint density at radius 3 is 2.63 bits per heavy atom. The molecule has 2 rings (SSSR count). The van der Waals surface area contributed by atoms with Gasteiger partial charge in [0.05, 0.1) is 13.7 Å². The van der Waals surface area contributed by atoms with E-state index >= 15 is 0 Å². The van der Waals surface area contributed by atoms with Crippen molar-refractivity contribution in [3.8, 4) is 11.5 Å². The summed E-state index contributed by atoms with van der Waals surface area (Å²) in [5.41, 5.74) is 1.04. The molecule has 0 aliphatic heterocycles. The highest BCUT2D eigenvalue weighted by Gasteiger charge is 2.17. The largest absolute Gasteiger partial charge is 0.493 e. The number of methoxy groups -OCH3 is 1. The first-order valence-electron chi connectivity index (χ1n) is 6.79. The Morgan fingerprint density at radius 2 is 2.00 bits per heavy atom. The van der Waals surface area contributed by atoms with Crippen LogP contribution in [0.3, 0.4) is 0 Å². The average molecular weight is 348 g/mol. The van der Waals surface area contributed by atoms with Gasteiger partial charge in [-0.15, -0.1) is 0 Å². The van der Waals surface area contributed by atoms with Crippen molar-refractivity contribution < 1.29 is 9.47 Å². The molecule has 106 valence electrons. The van der Waals surface area contributed by atoms with Crippen LogP contribution >= 0.6 is 27.5 Å². The normalized spacial score (nSPS) is 16.4. The summed E-state index contributed by atoms with van der Waals surface area (Å²) in [6, 6.07) is 3.74. The van der Waals surface area contributed by atoms with Crippen molar-refractivity contribution in [2.24, 2.45) is 5.92 Å². The van der Waals surface area contributed by atoms with Gasteiger partial charge in [-0.2, -0.15) is 0 Å². The van der Waals surface area contributed by atoms with E-state index in [2.05, 4.69) is 15.9 Å². The summed E-state index contributed by atoms with van der Waals surface area (Å²) in [7, 11) is 1.65. The van der Waals surface area contributed by atoms with E-state index in [9.17, 15) is 0 Å². The molecule has 0 amide bonds. The van der Waals surface area contributed by atoms with Crippen LogP contribution in [-0.2, 0) is 5.33 Å². The van der Waals surface area contributed by atoms with Crippen LogP contribution in [-0.4, -0.2) is 13.7 Å². The van der Waals surface area contributed by atoms with Crippen molar-refractivity contribution in [1.29, 1.82) is 0 Å². The fourth-order valence-corrected chi connectivity index (χ4v) is 3.24. The minimum atomic E-state index is 0.677. The fourth-order valence-electron chi connectivity index (χ4n) is 2.59. The third kappa shape index (κ3) is 4.03. The number of hydrogen-bond acceptors (Lipinski definition) is 2. The standard InChI is InChI=1S/C15H20BrClO2/c1-18-14-8-13(17)7-12(9-16)15(14)19-10-11-5-3-2-4-6-11/h7-8,11H,2-6,9-10H2,1H3. The molecule has 0 heterocycles. The van der Waals surface area contributed by atoms with Crippen LogP contribution in [0, 0.1) is 5.92 Å². The minimum Gasteiger partial charge on any atom is -0.493 e. The van der Waals surface area contributed by atoms with Gasteiger partial charge in [0.25, 0.3) is 0 Å². The topological polar surface area (TPSA) is 18.5 Å². The van der Waals surface area contributed by atoms with Crippen molar-refractivity contribution >= 4 is 27.5 Å². The minimum absolute atomic E-state index is 0.677. The zero-order valence-corrected chi connectivity index (χ0v) is 13.6. The molecule has 1 aliphatic carbocycles. The Hall–Kier alpha value is -0.410. The zero-order valence-electron chi connectivity index (χ0n) is 11.3. The third-order valence-corrected chi connectivity index (χ3v) is 4.47. The molecule has 19 heavy (non-hydrogen) atoms. The van der Waals surface area contributed by atoms with E-state index in [1.165, 1.54) is 32.1 Å². The van der Waals surface area contributed by atoms with E-state index in [4.69, 9.17) is 21.1 Å². The number of hydrogen-bond donors (Lipinski definition) is 0. The van der Waals surface area contributed by atoms with Gasteiger partial charge in [0.2, 0.25) is 0 Å². The summed E-state index contributed by atoms with van der Waals surface area (Å²) in [5, 5.41) is 1.39. The van der Waals surface area contributed by atoms with Crippen LogP contribution in [0.4, 0.5) is 0 Å². The van der Waals surface area contributed by atoms with Gasteiger partial charge in [0, 0.05) is 22.0 Å². The van der Waals surface area contributed by atoms with Gasteiger partial charge >= 0.3 is 0 Å². The molecular weight excluding hydrogens is 328 g/mol. The van der Waals surface area contributed by atoms with E-state index in [1.807, 2.05) is 12.1 Å². The van der Waals surface area contributed by atoms with Crippen LogP contribution in [0.1, 0.15) is 37.7 Å². The maximum atomic E-state index is 6.07. The quantitative estimate of drug-likeness (QED) is 0.681. The van der Waals surface area contributed by atoms with Crippen molar-refractivity contribution in [2.45, 2.75) is 37.4 Å². The van der Waals surface area contributed by atoms with Crippen LogP contribution in [0.25, 0.3) is 0 Å². The number of benzene rings is 1. The van der Waals surface area contributed by atoms with E-state index in [1.54, 1.807) is 7.11 Å². The highest BCUT2D eigenvalue weighted by molar-refractivity contribution is 9.08. The van der Waals surface area contributed by atoms with Gasteiger partial charge in [0.15, 0.2) is 11.5 Å². The second-order valence-corrected chi connectivity index (χ2v) is 6.04. The summed E-state index contributed by atoms with van der Waals surface area (Å²) in [4.78, 5) is 0. The summed E-state index contributed by atoms with van der Waals surface area (Å²) < 4.78 is 11.4. The molecule has 0 N–H and O–H groups in total. The molecule has 0 aromatic heterocycles. The smallest absolute Gasteiger partial charge is 0.165 e.